The highest BCUT2D eigenvalue weighted by Gasteiger charge is 2.35. The van der Waals surface area contributed by atoms with Crippen molar-refractivity contribution >= 4 is 17.3 Å². The van der Waals surface area contributed by atoms with E-state index in [0.717, 1.165) is 12.1 Å². The zero-order chi connectivity index (χ0) is 20.0. The van der Waals surface area contributed by atoms with Crippen molar-refractivity contribution in [2.75, 3.05) is 24.6 Å². The van der Waals surface area contributed by atoms with E-state index in [4.69, 9.17) is 10.00 Å². The maximum atomic E-state index is 12.8. The number of ether oxygens (including phenoxy) is 1. The molecule has 1 aliphatic heterocycles. The quantitative estimate of drug-likeness (QED) is 0.321. The lowest BCUT2D eigenvalue weighted by Gasteiger charge is -2.32. The van der Waals surface area contributed by atoms with Crippen molar-refractivity contribution in [2.24, 2.45) is 5.92 Å². The fraction of sp³-hybridized carbons (Fsp3) is 0.529. The third kappa shape index (κ3) is 5.32. The molecule has 1 aliphatic rings. The predicted molar refractivity (Wildman–Crippen MR) is 88.8 cm³/mol. The Balaban J connectivity index is 2.02. The Kier molecular flexibility index (Phi) is 6.60. The molecule has 0 bridgehead atoms. The van der Waals surface area contributed by atoms with Gasteiger partial charge < -0.3 is 9.64 Å². The number of nitro groups is 1. The van der Waals surface area contributed by atoms with Crippen molar-refractivity contribution in [2.45, 2.75) is 31.9 Å². The molecule has 27 heavy (non-hydrogen) atoms. The van der Waals surface area contributed by atoms with Crippen LogP contribution in [-0.4, -0.2) is 30.6 Å². The molecule has 1 saturated heterocycles. The molecule has 0 spiro atoms. The van der Waals surface area contributed by atoms with E-state index >= 15 is 0 Å². The van der Waals surface area contributed by atoms with Crippen molar-refractivity contribution in [3.8, 4) is 6.07 Å². The van der Waals surface area contributed by atoms with E-state index in [9.17, 15) is 28.1 Å². The second-order valence-electron chi connectivity index (χ2n) is 6.15. The second-order valence-corrected chi connectivity index (χ2v) is 6.15. The number of halogens is 3. The number of nitro benzene ring substituents is 1. The summed E-state index contributed by atoms with van der Waals surface area (Å²) < 4.78 is 43.5. The number of unbranched alkanes of at least 4 members (excludes halogenated alkanes) is 1. The van der Waals surface area contributed by atoms with E-state index in [1.54, 1.807) is 4.90 Å². The molecule has 7 nitrogen and oxygen atoms in total. The minimum Gasteiger partial charge on any atom is -0.465 e. The first-order chi connectivity index (χ1) is 12.7. The van der Waals surface area contributed by atoms with E-state index < -0.39 is 22.4 Å². The van der Waals surface area contributed by atoms with Gasteiger partial charge >= 0.3 is 12.1 Å². The standard InChI is InChI=1S/C17H18F3N3O4/c18-17(19,20)13-3-4-14(15(11-13)23(25)26)22-8-5-12(6-9-22)16(24)27-10-2-1-7-21/h3-4,11-12H,1-2,5-6,8-10H2. The molecule has 1 fully saturated rings. The maximum absolute atomic E-state index is 12.8. The van der Waals surface area contributed by atoms with Gasteiger partial charge in [0.25, 0.3) is 5.69 Å². The first-order valence-corrected chi connectivity index (χ1v) is 8.38. The topological polar surface area (TPSA) is 96.5 Å². The van der Waals surface area contributed by atoms with Crippen LogP contribution in [0.4, 0.5) is 24.5 Å². The number of alkyl halides is 3. The van der Waals surface area contributed by atoms with Crippen LogP contribution in [0.3, 0.4) is 0 Å². The smallest absolute Gasteiger partial charge is 0.416 e. The van der Waals surface area contributed by atoms with Crippen LogP contribution in [0.1, 0.15) is 31.2 Å². The third-order valence-electron chi connectivity index (χ3n) is 4.35. The fourth-order valence-electron chi connectivity index (χ4n) is 2.91. The summed E-state index contributed by atoms with van der Waals surface area (Å²) in [5, 5.41) is 19.6. The summed E-state index contributed by atoms with van der Waals surface area (Å²) in [7, 11) is 0. The minimum absolute atomic E-state index is 0.105. The van der Waals surface area contributed by atoms with Crippen LogP contribution >= 0.6 is 0 Å². The maximum Gasteiger partial charge on any atom is 0.416 e. The molecule has 0 saturated carbocycles. The Morgan fingerprint density at radius 1 is 1.37 bits per heavy atom. The third-order valence-corrected chi connectivity index (χ3v) is 4.35. The van der Waals surface area contributed by atoms with E-state index in [1.165, 1.54) is 0 Å². The predicted octanol–water partition coefficient (Wildman–Crippen LogP) is 3.68. The lowest BCUT2D eigenvalue weighted by Crippen LogP contribution is -2.37. The molecule has 0 unspecified atom stereocenters. The average molecular weight is 385 g/mol. The fourth-order valence-corrected chi connectivity index (χ4v) is 2.91. The van der Waals surface area contributed by atoms with Crippen molar-refractivity contribution in [3.63, 3.8) is 0 Å². The van der Waals surface area contributed by atoms with Crippen LogP contribution in [0.15, 0.2) is 18.2 Å². The zero-order valence-electron chi connectivity index (χ0n) is 14.4. The number of rotatable bonds is 6. The zero-order valence-corrected chi connectivity index (χ0v) is 14.4. The number of hydrogen-bond acceptors (Lipinski definition) is 6. The van der Waals surface area contributed by atoms with Gasteiger partial charge in [0.15, 0.2) is 0 Å². The normalized spacial score (nSPS) is 15.3. The lowest BCUT2D eigenvalue weighted by atomic mass is 9.96. The first kappa shape index (κ1) is 20.5. The van der Waals surface area contributed by atoms with Crippen LogP contribution < -0.4 is 4.90 Å². The molecular formula is C17H18F3N3O4. The number of hydrogen-bond donors (Lipinski definition) is 0. The summed E-state index contributed by atoms with van der Waals surface area (Å²) in [6.07, 6.45) is -3.14. The summed E-state index contributed by atoms with van der Waals surface area (Å²) >= 11 is 0. The van der Waals surface area contributed by atoms with Crippen molar-refractivity contribution in [3.05, 3.63) is 33.9 Å². The molecule has 0 amide bonds. The molecule has 0 N–H and O–H groups in total. The van der Waals surface area contributed by atoms with E-state index in [-0.39, 0.29) is 24.2 Å². The van der Waals surface area contributed by atoms with E-state index in [0.29, 0.717) is 44.8 Å². The summed E-state index contributed by atoms with van der Waals surface area (Å²) in [6, 6.07) is 4.40. The van der Waals surface area contributed by atoms with Crippen LogP contribution in [0.25, 0.3) is 0 Å². The first-order valence-electron chi connectivity index (χ1n) is 8.38. The molecule has 0 atom stereocenters. The average Bonchev–Trinajstić information content (AvgIpc) is 2.64. The molecule has 1 heterocycles. The summed E-state index contributed by atoms with van der Waals surface area (Å²) in [6.45, 7) is 0.755. The molecule has 10 heteroatoms. The largest absolute Gasteiger partial charge is 0.465 e. The molecule has 0 aliphatic carbocycles. The number of nitrogens with zero attached hydrogens (tertiary/aromatic N) is 3. The van der Waals surface area contributed by atoms with Crippen LogP contribution in [-0.2, 0) is 15.7 Å². The number of anilines is 1. The molecule has 0 radical (unpaired) electrons. The molecule has 146 valence electrons. The number of nitriles is 1. The number of benzene rings is 1. The number of piperidine rings is 1. The van der Waals surface area contributed by atoms with Gasteiger partial charge in [-0.3, -0.25) is 14.9 Å². The minimum atomic E-state index is -4.66. The van der Waals surface area contributed by atoms with Gasteiger partial charge in [0.1, 0.15) is 5.69 Å². The Morgan fingerprint density at radius 2 is 2.04 bits per heavy atom. The highest BCUT2D eigenvalue weighted by molar-refractivity contribution is 5.73. The Labute approximate surface area is 153 Å². The Bertz CT molecular complexity index is 738. The van der Waals surface area contributed by atoms with Gasteiger partial charge in [0, 0.05) is 25.6 Å². The number of carbonyl (C=O) groups is 1. The Hall–Kier alpha value is -2.83. The Morgan fingerprint density at radius 3 is 2.59 bits per heavy atom. The van der Waals surface area contributed by atoms with E-state index in [1.807, 2.05) is 6.07 Å². The summed E-state index contributed by atoms with van der Waals surface area (Å²) in [5.74, 6) is -0.744. The SMILES string of the molecule is N#CCCCOC(=O)C1CCN(c2ccc(C(F)(F)F)cc2[N+](=O)[O-])CC1. The molecule has 1 aromatic carbocycles. The van der Waals surface area contributed by atoms with E-state index in [2.05, 4.69) is 0 Å². The lowest BCUT2D eigenvalue weighted by molar-refractivity contribution is -0.384. The van der Waals surface area contributed by atoms with Crippen LogP contribution in [0.2, 0.25) is 0 Å². The van der Waals surface area contributed by atoms with Gasteiger partial charge in [0.05, 0.1) is 29.1 Å². The van der Waals surface area contributed by atoms with Crippen molar-refractivity contribution < 1.29 is 27.6 Å². The molecular weight excluding hydrogens is 367 g/mol. The van der Waals surface area contributed by atoms with Gasteiger partial charge in [0.2, 0.25) is 0 Å². The molecule has 2 rings (SSSR count). The van der Waals surface area contributed by atoms with Crippen molar-refractivity contribution in [1.82, 2.24) is 0 Å². The highest BCUT2D eigenvalue weighted by Crippen LogP contribution is 2.37. The molecule has 1 aromatic rings. The molecule has 0 aromatic heterocycles. The van der Waals surface area contributed by atoms with Crippen molar-refractivity contribution in [1.29, 1.82) is 5.26 Å². The number of carbonyl (C=O) groups excluding carboxylic acids is 1. The summed E-state index contributed by atoms with van der Waals surface area (Å²) in [5.41, 5.74) is -1.58. The second kappa shape index (κ2) is 8.70. The number of esters is 1. The van der Waals surface area contributed by atoms with Gasteiger partial charge in [-0.1, -0.05) is 0 Å². The van der Waals surface area contributed by atoms with Gasteiger partial charge in [-0.05, 0) is 31.4 Å². The summed E-state index contributed by atoms with van der Waals surface area (Å²) in [4.78, 5) is 24.0. The van der Waals surface area contributed by atoms with Gasteiger partial charge in [-0.25, -0.2) is 0 Å². The van der Waals surface area contributed by atoms with Crippen LogP contribution in [0.5, 0.6) is 0 Å². The monoisotopic (exact) mass is 385 g/mol. The van der Waals surface area contributed by atoms with Crippen LogP contribution in [0, 0.1) is 27.4 Å². The van der Waals surface area contributed by atoms with Gasteiger partial charge in [-0.15, -0.1) is 0 Å². The highest BCUT2D eigenvalue weighted by atomic mass is 19.4. The van der Waals surface area contributed by atoms with Gasteiger partial charge in [-0.2, -0.15) is 18.4 Å².